The van der Waals surface area contributed by atoms with Crippen molar-refractivity contribution in [1.29, 1.82) is 0 Å². The number of fused-ring (bicyclic) bond motifs is 3. The Bertz CT molecular complexity index is 2140. The molecular formula is C42H51N2O5S5+. The second-order valence-electron chi connectivity index (χ2n) is 15.3. The summed E-state index contributed by atoms with van der Waals surface area (Å²) in [5, 5.41) is 2.64. The highest BCUT2D eigenvalue weighted by Crippen LogP contribution is 2.49. The number of hydrogen-bond donors (Lipinski definition) is 1. The average Bonchev–Trinajstić information content (AvgIpc) is 3.99. The first kappa shape index (κ1) is 38.7. The Labute approximate surface area is 335 Å². The van der Waals surface area contributed by atoms with Gasteiger partial charge in [-0.15, -0.1) is 0 Å². The molecule has 0 saturated heterocycles. The zero-order chi connectivity index (χ0) is 37.2. The summed E-state index contributed by atoms with van der Waals surface area (Å²) in [6.07, 6.45) is 24.6. The van der Waals surface area contributed by atoms with Crippen molar-refractivity contribution in [2.45, 2.75) is 129 Å². The molecule has 0 radical (unpaired) electrons. The Morgan fingerprint density at radius 1 is 0.981 bits per heavy atom. The highest BCUT2D eigenvalue weighted by molar-refractivity contribution is 8.03. The lowest BCUT2D eigenvalue weighted by Crippen LogP contribution is -2.35. The fourth-order valence-electron chi connectivity index (χ4n) is 8.62. The Morgan fingerprint density at radius 3 is 2.57 bits per heavy atom. The van der Waals surface area contributed by atoms with Crippen LogP contribution in [0.1, 0.15) is 102 Å². The van der Waals surface area contributed by atoms with Gasteiger partial charge in [0.15, 0.2) is 6.54 Å². The molecule has 1 N–H and O–H groups in total. The fourth-order valence-corrected chi connectivity index (χ4v) is 13.8. The van der Waals surface area contributed by atoms with E-state index in [9.17, 15) is 17.2 Å². The number of thioether (sulfide) groups is 1. The highest BCUT2D eigenvalue weighted by atomic mass is 32.2. The lowest BCUT2D eigenvalue weighted by atomic mass is 9.77. The van der Waals surface area contributed by atoms with Crippen molar-refractivity contribution in [2.75, 3.05) is 17.2 Å². The largest absolute Gasteiger partial charge is 0.335 e. The van der Waals surface area contributed by atoms with E-state index in [4.69, 9.17) is 4.18 Å². The van der Waals surface area contributed by atoms with Gasteiger partial charge in [-0.25, -0.2) is 0 Å². The van der Waals surface area contributed by atoms with Crippen molar-refractivity contribution >= 4 is 78.0 Å². The van der Waals surface area contributed by atoms with Crippen LogP contribution in [-0.2, 0) is 31.6 Å². The zero-order valence-corrected chi connectivity index (χ0v) is 35.1. The first-order valence-corrected chi connectivity index (χ1v) is 25.0. The van der Waals surface area contributed by atoms with E-state index in [1.165, 1.54) is 75.0 Å². The van der Waals surface area contributed by atoms with E-state index in [0.29, 0.717) is 31.4 Å². The van der Waals surface area contributed by atoms with Crippen LogP contribution in [0.5, 0.6) is 0 Å². The average molecular weight is 824 g/mol. The third kappa shape index (κ3) is 9.00. The smallest absolute Gasteiger partial charge is 0.264 e. The maximum atomic E-state index is 13.5. The van der Waals surface area contributed by atoms with Gasteiger partial charge in [0.2, 0.25) is 5.52 Å². The molecule has 5 aliphatic rings. The third-order valence-electron chi connectivity index (χ3n) is 11.5. The molecule has 12 heteroatoms. The van der Waals surface area contributed by atoms with E-state index in [1.807, 2.05) is 17.8 Å². The fraction of sp³-hybridized carbons (Fsp3) is 0.500. The normalized spacial score (nSPS) is 23.0. The molecule has 2 fully saturated rings. The number of thiazole rings is 1. The number of aromatic nitrogens is 1. The predicted molar refractivity (Wildman–Crippen MR) is 225 cm³/mol. The number of hydrogen-bond acceptors (Lipinski definition) is 8. The maximum absolute atomic E-state index is 13.5. The number of anilines is 1. The molecule has 2 unspecified atom stereocenters. The topological polar surface area (TPSA) is 87.8 Å². The van der Waals surface area contributed by atoms with E-state index >= 15 is 0 Å². The number of benzene rings is 2. The van der Waals surface area contributed by atoms with E-state index < -0.39 is 20.9 Å². The van der Waals surface area contributed by atoms with Crippen LogP contribution < -0.4 is 9.47 Å². The Hall–Kier alpha value is -2.19. The quantitative estimate of drug-likeness (QED) is 0.0789. The maximum Gasteiger partial charge on any atom is 0.264 e. The van der Waals surface area contributed by atoms with Gasteiger partial charge in [-0.3, -0.25) is 8.76 Å². The number of unbranched alkanes of at least 4 members (excludes halogenated alkanes) is 1. The molecular weight excluding hydrogens is 773 g/mol. The van der Waals surface area contributed by atoms with Crippen molar-refractivity contribution < 1.29 is 25.9 Å². The van der Waals surface area contributed by atoms with E-state index in [2.05, 4.69) is 71.0 Å². The standard InChI is InChI=1S/C42H50N2O5S5/c1-2-43-37-27-34(52-49-33-9-3-4-10-33)17-19-39(37)50-41(43)25-29-13-15-31-16-14-30(24-32(31)23-29)26-42-44(21-7-8-22-54(46,47)48)38-28-36(18-20-40(38)51-42)53(45)35-11-5-6-12-35/h17-20,23-28,31,33,35H,2-16,21-22H2,1H3/p+1. The zero-order valence-electron chi connectivity index (χ0n) is 31.0. The summed E-state index contributed by atoms with van der Waals surface area (Å²) in [7, 11) is -5.04. The van der Waals surface area contributed by atoms with Gasteiger partial charge in [0.05, 0.1) is 33.4 Å². The lowest BCUT2D eigenvalue weighted by molar-refractivity contribution is -0.669. The van der Waals surface area contributed by atoms with Crippen LogP contribution in [0.4, 0.5) is 5.69 Å². The van der Waals surface area contributed by atoms with Crippen molar-refractivity contribution in [1.82, 2.24) is 0 Å². The first-order chi connectivity index (χ1) is 26.2. The minimum atomic E-state index is -4.00. The molecule has 1 aromatic heterocycles. The summed E-state index contributed by atoms with van der Waals surface area (Å²) in [6.45, 7) is 3.78. The Balaban J connectivity index is 1.04. The summed E-state index contributed by atoms with van der Waals surface area (Å²) < 4.78 is 55.3. The molecule has 4 aliphatic carbocycles. The number of nitrogens with zero attached hydrogens (tertiary/aromatic N) is 2. The summed E-state index contributed by atoms with van der Waals surface area (Å²) >= 11 is 5.14. The molecule has 0 spiro atoms. The molecule has 2 aromatic carbocycles. The molecule has 0 bridgehead atoms. The first-order valence-electron chi connectivity index (χ1n) is 19.8. The predicted octanol–water partition coefficient (Wildman–Crippen LogP) is 10.8. The Morgan fingerprint density at radius 2 is 1.78 bits per heavy atom. The highest BCUT2D eigenvalue weighted by Gasteiger charge is 2.29. The number of allylic oxidation sites excluding steroid dienone is 6. The molecule has 288 valence electrons. The molecule has 1 aliphatic heterocycles. The lowest BCUT2D eigenvalue weighted by Gasteiger charge is -2.28. The van der Waals surface area contributed by atoms with Gasteiger partial charge in [-0.2, -0.15) is 13.0 Å². The van der Waals surface area contributed by atoms with Crippen molar-refractivity contribution in [3.63, 3.8) is 0 Å². The summed E-state index contributed by atoms with van der Waals surface area (Å²) in [4.78, 5) is 5.80. The van der Waals surface area contributed by atoms with E-state index in [-0.39, 0.29) is 11.0 Å². The molecule has 0 amide bonds. The van der Waals surface area contributed by atoms with Gasteiger partial charge in [0, 0.05) is 57.1 Å². The van der Waals surface area contributed by atoms with Gasteiger partial charge < -0.3 is 9.08 Å². The van der Waals surface area contributed by atoms with Gasteiger partial charge in [0.25, 0.3) is 15.1 Å². The molecule has 7 nitrogen and oxygen atoms in total. The molecule has 8 rings (SSSR count). The van der Waals surface area contributed by atoms with Crippen LogP contribution in [0, 0.1) is 5.92 Å². The molecule has 2 heterocycles. The van der Waals surface area contributed by atoms with Crippen molar-refractivity contribution in [3.8, 4) is 0 Å². The van der Waals surface area contributed by atoms with Crippen LogP contribution in [0.25, 0.3) is 16.3 Å². The van der Waals surface area contributed by atoms with E-state index in [1.54, 1.807) is 11.3 Å². The van der Waals surface area contributed by atoms with E-state index in [0.717, 1.165) is 78.0 Å². The van der Waals surface area contributed by atoms with Gasteiger partial charge in [-0.1, -0.05) is 60.9 Å². The number of aryl methyl sites for hydroxylation is 1. The Kier molecular flexibility index (Phi) is 12.3. The SMILES string of the molecule is CCN1C(=CC2=CC3=CC(=Cc4sc5ccc(S(=O)C6CCCC6)cc5[n+]4CCCCS(=O)(=O)O)CCC3CC2)Sc2ccc(SOC3CCCC3)cc21. The van der Waals surface area contributed by atoms with Crippen LogP contribution >= 0.6 is 35.1 Å². The number of rotatable bonds is 13. The summed E-state index contributed by atoms with van der Waals surface area (Å²) in [5.74, 6) is 0.333. The molecule has 2 atom stereocenters. The molecule has 3 aromatic rings. The van der Waals surface area contributed by atoms with Crippen molar-refractivity contribution in [3.05, 3.63) is 81.4 Å². The minimum absolute atomic E-state index is 0.224. The van der Waals surface area contributed by atoms with Gasteiger partial charge >= 0.3 is 0 Å². The van der Waals surface area contributed by atoms with Crippen LogP contribution in [0.15, 0.2) is 91.1 Å². The summed E-state index contributed by atoms with van der Waals surface area (Å²) in [6, 6.07) is 13.0. The second kappa shape index (κ2) is 17.1. The molecule has 2 saturated carbocycles. The minimum Gasteiger partial charge on any atom is -0.335 e. The monoisotopic (exact) mass is 823 g/mol. The van der Waals surface area contributed by atoms with Crippen LogP contribution in [0.2, 0.25) is 0 Å². The van der Waals surface area contributed by atoms with Gasteiger partial charge in [0.1, 0.15) is 4.70 Å². The summed E-state index contributed by atoms with van der Waals surface area (Å²) in [5.41, 5.74) is 6.42. The third-order valence-corrected chi connectivity index (χ3v) is 17.2. The van der Waals surface area contributed by atoms with Crippen LogP contribution in [-0.4, -0.2) is 40.8 Å². The van der Waals surface area contributed by atoms with Crippen molar-refractivity contribution in [2.24, 2.45) is 5.92 Å². The van der Waals surface area contributed by atoms with Crippen LogP contribution in [0.3, 0.4) is 0 Å². The van der Waals surface area contributed by atoms with Gasteiger partial charge in [-0.05, 0) is 124 Å². The molecule has 54 heavy (non-hydrogen) atoms. The second-order valence-corrected chi connectivity index (χ2v) is 21.6.